The number of nitrogens with two attached hydrogens (primary N) is 1. The first kappa shape index (κ1) is 11.0. The molecule has 0 fully saturated rings. The van der Waals surface area contributed by atoms with Crippen LogP contribution in [0.5, 0.6) is 0 Å². The van der Waals surface area contributed by atoms with Crippen molar-refractivity contribution in [1.82, 2.24) is 5.32 Å². The summed E-state index contributed by atoms with van der Waals surface area (Å²) in [5.74, 6) is 0. The van der Waals surface area contributed by atoms with Gasteiger partial charge in [0, 0.05) is 10.9 Å². The summed E-state index contributed by atoms with van der Waals surface area (Å²) in [5.41, 5.74) is 5.46. The predicted octanol–water partition coefficient (Wildman–Crippen LogP) is 2.40. The number of rotatable bonds is 5. The minimum absolute atomic E-state index is 0.404. The Hall–Kier alpha value is -0.0900. The van der Waals surface area contributed by atoms with Crippen molar-refractivity contribution in [2.24, 2.45) is 5.73 Å². The van der Waals surface area contributed by atoms with Gasteiger partial charge in [0.15, 0.2) is 0 Å². The highest BCUT2D eigenvalue weighted by Crippen LogP contribution is 2.28. The van der Waals surface area contributed by atoms with Crippen LogP contribution in [0.25, 0.3) is 0 Å². The van der Waals surface area contributed by atoms with Crippen LogP contribution < -0.4 is 11.1 Å². The SMILES string of the molecule is CNC(CCCN)c1ccc(Cl)s1. The molecule has 0 saturated heterocycles. The Morgan fingerprint density at radius 3 is 2.85 bits per heavy atom. The van der Waals surface area contributed by atoms with Gasteiger partial charge in [-0.05, 0) is 38.6 Å². The zero-order valence-corrected chi connectivity index (χ0v) is 9.29. The van der Waals surface area contributed by atoms with Crippen molar-refractivity contribution in [2.45, 2.75) is 18.9 Å². The fourth-order valence-electron chi connectivity index (χ4n) is 1.27. The molecule has 3 N–H and O–H groups in total. The Balaban J connectivity index is 2.56. The molecule has 13 heavy (non-hydrogen) atoms. The Labute approximate surface area is 88.1 Å². The Kier molecular flexibility index (Phi) is 4.73. The van der Waals surface area contributed by atoms with E-state index in [1.54, 1.807) is 11.3 Å². The molecular weight excluding hydrogens is 204 g/mol. The van der Waals surface area contributed by atoms with Gasteiger partial charge in [0.1, 0.15) is 0 Å². The maximum absolute atomic E-state index is 5.86. The van der Waals surface area contributed by atoms with Crippen LogP contribution in [0.1, 0.15) is 23.8 Å². The lowest BCUT2D eigenvalue weighted by molar-refractivity contribution is 0.539. The van der Waals surface area contributed by atoms with E-state index in [4.69, 9.17) is 17.3 Å². The van der Waals surface area contributed by atoms with Gasteiger partial charge in [-0.1, -0.05) is 11.6 Å². The molecule has 0 aliphatic rings. The molecule has 2 nitrogen and oxygen atoms in total. The molecule has 0 aliphatic heterocycles. The molecule has 0 spiro atoms. The molecule has 1 aromatic heterocycles. The summed E-state index contributed by atoms with van der Waals surface area (Å²) in [6, 6.07) is 4.42. The topological polar surface area (TPSA) is 38.0 Å². The summed E-state index contributed by atoms with van der Waals surface area (Å²) in [6.45, 7) is 0.747. The summed E-state index contributed by atoms with van der Waals surface area (Å²) >= 11 is 7.49. The number of hydrogen-bond donors (Lipinski definition) is 2. The Morgan fingerprint density at radius 1 is 1.62 bits per heavy atom. The smallest absolute Gasteiger partial charge is 0.0931 e. The minimum atomic E-state index is 0.404. The van der Waals surface area contributed by atoms with E-state index in [0.29, 0.717) is 6.04 Å². The molecule has 0 amide bonds. The lowest BCUT2D eigenvalue weighted by Crippen LogP contribution is -2.16. The molecule has 1 unspecified atom stereocenters. The summed E-state index contributed by atoms with van der Waals surface area (Å²) in [5, 5.41) is 3.26. The summed E-state index contributed by atoms with van der Waals surface area (Å²) < 4.78 is 0.850. The first-order valence-corrected chi connectivity index (χ1v) is 5.60. The maximum Gasteiger partial charge on any atom is 0.0931 e. The molecule has 1 heterocycles. The number of hydrogen-bond acceptors (Lipinski definition) is 3. The molecule has 0 radical (unpaired) electrons. The van der Waals surface area contributed by atoms with Crippen molar-refractivity contribution in [1.29, 1.82) is 0 Å². The van der Waals surface area contributed by atoms with E-state index >= 15 is 0 Å². The zero-order valence-electron chi connectivity index (χ0n) is 7.72. The second-order valence-electron chi connectivity index (χ2n) is 2.91. The van der Waals surface area contributed by atoms with Crippen molar-refractivity contribution in [3.05, 3.63) is 21.3 Å². The van der Waals surface area contributed by atoms with E-state index in [0.717, 1.165) is 23.7 Å². The van der Waals surface area contributed by atoms with Gasteiger partial charge in [0.05, 0.1) is 4.34 Å². The fraction of sp³-hybridized carbons (Fsp3) is 0.556. The molecule has 1 aromatic rings. The third-order valence-electron chi connectivity index (χ3n) is 1.98. The third kappa shape index (κ3) is 3.27. The van der Waals surface area contributed by atoms with Crippen LogP contribution in [0, 0.1) is 0 Å². The Morgan fingerprint density at radius 2 is 2.38 bits per heavy atom. The van der Waals surface area contributed by atoms with Crippen LogP contribution in [0.15, 0.2) is 12.1 Å². The van der Waals surface area contributed by atoms with E-state index in [9.17, 15) is 0 Å². The van der Waals surface area contributed by atoms with Crippen molar-refractivity contribution in [2.75, 3.05) is 13.6 Å². The molecule has 4 heteroatoms. The van der Waals surface area contributed by atoms with Gasteiger partial charge in [-0.25, -0.2) is 0 Å². The minimum Gasteiger partial charge on any atom is -0.330 e. The highest BCUT2D eigenvalue weighted by molar-refractivity contribution is 7.16. The van der Waals surface area contributed by atoms with Crippen LogP contribution in [-0.4, -0.2) is 13.6 Å². The van der Waals surface area contributed by atoms with E-state index in [2.05, 4.69) is 11.4 Å². The van der Waals surface area contributed by atoms with Crippen molar-refractivity contribution >= 4 is 22.9 Å². The van der Waals surface area contributed by atoms with E-state index < -0.39 is 0 Å². The third-order valence-corrected chi connectivity index (χ3v) is 3.33. The van der Waals surface area contributed by atoms with Gasteiger partial charge in [-0.15, -0.1) is 11.3 Å². The predicted molar refractivity (Wildman–Crippen MR) is 59.4 cm³/mol. The van der Waals surface area contributed by atoms with Crippen LogP contribution in [0.3, 0.4) is 0 Å². The highest BCUT2D eigenvalue weighted by atomic mass is 35.5. The second-order valence-corrected chi connectivity index (χ2v) is 4.66. The molecule has 1 rings (SSSR count). The number of nitrogens with one attached hydrogen (secondary N) is 1. The van der Waals surface area contributed by atoms with Crippen LogP contribution >= 0.6 is 22.9 Å². The van der Waals surface area contributed by atoms with Crippen LogP contribution in [-0.2, 0) is 0 Å². The van der Waals surface area contributed by atoms with Gasteiger partial charge in [-0.3, -0.25) is 0 Å². The highest BCUT2D eigenvalue weighted by Gasteiger charge is 2.10. The summed E-state index contributed by atoms with van der Waals surface area (Å²) in [4.78, 5) is 1.29. The van der Waals surface area contributed by atoms with E-state index in [-0.39, 0.29) is 0 Å². The first-order chi connectivity index (χ1) is 6.27. The summed E-state index contributed by atoms with van der Waals surface area (Å²) in [7, 11) is 1.97. The molecule has 1 atom stereocenters. The summed E-state index contributed by atoms with van der Waals surface area (Å²) in [6.07, 6.45) is 2.12. The zero-order chi connectivity index (χ0) is 9.68. The molecule has 74 valence electrons. The van der Waals surface area contributed by atoms with Gasteiger partial charge in [-0.2, -0.15) is 0 Å². The standard InChI is InChI=1S/C9H15ClN2S/c1-12-7(3-2-6-11)8-4-5-9(10)13-8/h4-5,7,12H,2-3,6,11H2,1H3. The number of thiophene rings is 1. The first-order valence-electron chi connectivity index (χ1n) is 4.40. The van der Waals surface area contributed by atoms with Crippen molar-refractivity contribution < 1.29 is 0 Å². The lowest BCUT2D eigenvalue weighted by Gasteiger charge is -2.13. The normalized spacial score (nSPS) is 13.2. The molecular formula is C9H15ClN2S. The average Bonchev–Trinajstić information content (AvgIpc) is 2.54. The van der Waals surface area contributed by atoms with Gasteiger partial charge < -0.3 is 11.1 Å². The van der Waals surface area contributed by atoms with E-state index in [1.165, 1.54) is 4.88 Å². The van der Waals surface area contributed by atoms with Gasteiger partial charge in [0.25, 0.3) is 0 Å². The molecule has 0 saturated carbocycles. The average molecular weight is 219 g/mol. The van der Waals surface area contributed by atoms with Crippen molar-refractivity contribution in [3.8, 4) is 0 Å². The van der Waals surface area contributed by atoms with Gasteiger partial charge in [0.2, 0.25) is 0 Å². The van der Waals surface area contributed by atoms with E-state index in [1.807, 2.05) is 13.1 Å². The molecule has 0 bridgehead atoms. The largest absolute Gasteiger partial charge is 0.330 e. The maximum atomic E-state index is 5.86. The lowest BCUT2D eigenvalue weighted by atomic mass is 10.1. The Bertz CT molecular complexity index is 250. The van der Waals surface area contributed by atoms with Crippen LogP contribution in [0.2, 0.25) is 4.34 Å². The number of halogens is 1. The fourth-order valence-corrected chi connectivity index (χ4v) is 2.47. The molecule has 0 aliphatic carbocycles. The van der Waals surface area contributed by atoms with Gasteiger partial charge >= 0.3 is 0 Å². The van der Waals surface area contributed by atoms with Crippen LogP contribution in [0.4, 0.5) is 0 Å². The molecule has 0 aromatic carbocycles. The second kappa shape index (κ2) is 5.60. The quantitative estimate of drug-likeness (QED) is 0.797. The van der Waals surface area contributed by atoms with Crippen molar-refractivity contribution in [3.63, 3.8) is 0 Å². The monoisotopic (exact) mass is 218 g/mol.